The number of rotatable bonds is 6. The summed E-state index contributed by atoms with van der Waals surface area (Å²) in [6, 6.07) is 0. The fourth-order valence-electron chi connectivity index (χ4n) is 2.53. The normalized spacial score (nSPS) is 19.9. The molecule has 130 valence electrons. The maximum atomic E-state index is 10.5. The van der Waals surface area contributed by atoms with Crippen molar-refractivity contribution in [2.45, 2.75) is 90.6 Å². The first-order valence-electron chi connectivity index (χ1n) is 8.64. The monoisotopic (exact) mass is 314 g/mol. The van der Waals surface area contributed by atoms with Gasteiger partial charge in [0.25, 0.3) is 0 Å². The summed E-state index contributed by atoms with van der Waals surface area (Å²) in [6.07, 6.45) is 5.94. The van der Waals surface area contributed by atoms with Crippen molar-refractivity contribution < 1.29 is 19.2 Å². The predicted octanol–water partition coefficient (Wildman–Crippen LogP) is 3.00. The van der Waals surface area contributed by atoms with Crippen LogP contribution in [0.5, 0.6) is 0 Å². The van der Waals surface area contributed by atoms with Gasteiger partial charge in [-0.05, 0) is 48.0 Å². The van der Waals surface area contributed by atoms with Crippen molar-refractivity contribution in [3.05, 3.63) is 0 Å². The lowest BCUT2D eigenvalue weighted by atomic mass is 10.1. The molecule has 0 bridgehead atoms. The molecule has 1 saturated heterocycles. The van der Waals surface area contributed by atoms with Crippen LogP contribution in [0.2, 0.25) is 0 Å². The Hall–Kier alpha value is -0.450. The Morgan fingerprint density at radius 2 is 1.59 bits per heavy atom. The average Bonchev–Trinajstić information content (AvgIpc) is 2.40. The van der Waals surface area contributed by atoms with Crippen molar-refractivity contribution in [1.82, 2.24) is 0 Å². The van der Waals surface area contributed by atoms with Crippen LogP contribution < -0.4 is 0 Å². The molecule has 0 amide bonds. The van der Waals surface area contributed by atoms with Crippen molar-refractivity contribution in [2.75, 3.05) is 19.7 Å². The first-order valence-corrected chi connectivity index (χ1v) is 8.64. The third-order valence-corrected chi connectivity index (χ3v) is 3.61. The van der Waals surface area contributed by atoms with Crippen LogP contribution in [0.3, 0.4) is 0 Å². The Kier molecular flexibility index (Phi) is 7.50. The Bertz CT molecular complexity index is 344. The SMILES string of the molecule is CC(C)(C)OC[C@H](O)[C@@H](CC=[N+]1CCCCC1)OC(C)(C)C. The highest BCUT2D eigenvalue weighted by atomic mass is 16.5. The molecule has 0 spiro atoms. The molecule has 1 rings (SSSR count). The van der Waals surface area contributed by atoms with E-state index in [2.05, 4.69) is 10.8 Å². The van der Waals surface area contributed by atoms with Crippen LogP contribution in [0, 0.1) is 0 Å². The van der Waals surface area contributed by atoms with Crippen molar-refractivity contribution in [3.63, 3.8) is 0 Å². The van der Waals surface area contributed by atoms with Gasteiger partial charge in [-0.3, -0.25) is 0 Å². The molecule has 0 aromatic heterocycles. The van der Waals surface area contributed by atoms with Gasteiger partial charge in [-0.2, -0.15) is 0 Å². The topological polar surface area (TPSA) is 41.7 Å². The molecule has 1 N–H and O–H groups in total. The van der Waals surface area contributed by atoms with Crippen LogP contribution in [0.4, 0.5) is 0 Å². The quantitative estimate of drug-likeness (QED) is 0.766. The number of hydrogen-bond acceptors (Lipinski definition) is 3. The summed E-state index contributed by atoms with van der Waals surface area (Å²) in [5, 5.41) is 10.5. The van der Waals surface area contributed by atoms with Gasteiger partial charge >= 0.3 is 0 Å². The van der Waals surface area contributed by atoms with Gasteiger partial charge < -0.3 is 14.6 Å². The second-order valence-electron chi connectivity index (χ2n) is 8.27. The van der Waals surface area contributed by atoms with Crippen LogP contribution in [0.25, 0.3) is 0 Å². The maximum absolute atomic E-state index is 10.5. The molecule has 0 saturated carbocycles. The van der Waals surface area contributed by atoms with Gasteiger partial charge in [0.2, 0.25) is 0 Å². The molecule has 0 aromatic rings. The van der Waals surface area contributed by atoms with Crippen molar-refractivity contribution in [3.8, 4) is 0 Å². The first-order chi connectivity index (χ1) is 10.1. The summed E-state index contributed by atoms with van der Waals surface area (Å²) >= 11 is 0. The summed E-state index contributed by atoms with van der Waals surface area (Å²) in [6.45, 7) is 14.6. The van der Waals surface area contributed by atoms with E-state index in [1.807, 2.05) is 41.5 Å². The molecule has 0 aromatic carbocycles. The molecule has 0 radical (unpaired) electrons. The number of hydrogen-bond donors (Lipinski definition) is 1. The number of aliphatic hydroxyl groups excluding tert-OH is 1. The number of nitrogens with zero attached hydrogens (tertiary/aromatic N) is 1. The zero-order valence-electron chi connectivity index (χ0n) is 15.4. The Labute approximate surface area is 136 Å². The second-order valence-corrected chi connectivity index (χ2v) is 8.27. The van der Waals surface area contributed by atoms with Gasteiger partial charge in [0.1, 0.15) is 25.4 Å². The zero-order chi connectivity index (χ0) is 16.8. The van der Waals surface area contributed by atoms with Crippen molar-refractivity contribution in [1.29, 1.82) is 0 Å². The molecular formula is C18H36NO3+. The number of aliphatic hydroxyl groups is 1. The molecule has 1 aliphatic heterocycles. The summed E-state index contributed by atoms with van der Waals surface area (Å²) in [5.74, 6) is 0. The van der Waals surface area contributed by atoms with Gasteiger partial charge in [-0.1, -0.05) is 0 Å². The minimum Gasteiger partial charge on any atom is -0.388 e. The van der Waals surface area contributed by atoms with E-state index in [1.165, 1.54) is 19.3 Å². The van der Waals surface area contributed by atoms with Gasteiger partial charge in [-0.15, -0.1) is 0 Å². The van der Waals surface area contributed by atoms with E-state index < -0.39 is 6.10 Å². The van der Waals surface area contributed by atoms with E-state index >= 15 is 0 Å². The highest BCUT2D eigenvalue weighted by Crippen LogP contribution is 2.17. The van der Waals surface area contributed by atoms with E-state index in [0.29, 0.717) is 6.61 Å². The molecule has 0 unspecified atom stereocenters. The fourth-order valence-corrected chi connectivity index (χ4v) is 2.53. The summed E-state index contributed by atoms with van der Waals surface area (Å²) in [7, 11) is 0. The minimum atomic E-state index is -0.612. The lowest BCUT2D eigenvalue weighted by Crippen LogP contribution is -2.41. The largest absolute Gasteiger partial charge is 0.388 e. The van der Waals surface area contributed by atoms with E-state index in [1.54, 1.807) is 0 Å². The molecule has 4 nitrogen and oxygen atoms in total. The van der Waals surface area contributed by atoms with E-state index in [-0.39, 0.29) is 17.3 Å². The smallest absolute Gasteiger partial charge is 0.142 e. The average molecular weight is 314 g/mol. The Morgan fingerprint density at radius 3 is 2.09 bits per heavy atom. The summed E-state index contributed by atoms with van der Waals surface area (Å²) in [4.78, 5) is 0. The highest BCUT2D eigenvalue weighted by Gasteiger charge is 2.28. The second kappa shape index (κ2) is 8.42. The fraction of sp³-hybridized carbons (Fsp3) is 0.944. The van der Waals surface area contributed by atoms with Crippen molar-refractivity contribution in [2.24, 2.45) is 0 Å². The predicted molar refractivity (Wildman–Crippen MR) is 90.9 cm³/mol. The van der Waals surface area contributed by atoms with Crippen LogP contribution >= 0.6 is 0 Å². The third-order valence-electron chi connectivity index (χ3n) is 3.61. The Balaban J connectivity index is 2.62. The first kappa shape index (κ1) is 19.6. The van der Waals surface area contributed by atoms with E-state index in [0.717, 1.165) is 19.5 Å². The maximum Gasteiger partial charge on any atom is 0.142 e. The lowest BCUT2D eigenvalue weighted by molar-refractivity contribution is -0.534. The van der Waals surface area contributed by atoms with Gasteiger partial charge in [0.15, 0.2) is 0 Å². The van der Waals surface area contributed by atoms with Crippen LogP contribution in [-0.4, -0.2) is 59.0 Å². The van der Waals surface area contributed by atoms with Gasteiger partial charge in [0, 0.05) is 12.8 Å². The third kappa shape index (κ3) is 8.86. The number of ether oxygens (including phenoxy) is 2. The highest BCUT2D eigenvalue weighted by molar-refractivity contribution is 5.52. The van der Waals surface area contributed by atoms with Gasteiger partial charge in [-0.25, -0.2) is 4.58 Å². The van der Waals surface area contributed by atoms with E-state index in [9.17, 15) is 5.11 Å². The summed E-state index contributed by atoms with van der Waals surface area (Å²) < 4.78 is 14.1. The molecular weight excluding hydrogens is 278 g/mol. The molecule has 0 aliphatic carbocycles. The molecule has 2 atom stereocenters. The molecule has 4 heteroatoms. The summed E-state index contributed by atoms with van der Waals surface area (Å²) in [5.41, 5.74) is -0.521. The zero-order valence-corrected chi connectivity index (χ0v) is 15.4. The van der Waals surface area contributed by atoms with Crippen molar-refractivity contribution >= 4 is 6.21 Å². The minimum absolute atomic E-state index is 0.232. The molecule has 1 aliphatic rings. The van der Waals surface area contributed by atoms with Crippen LogP contribution in [-0.2, 0) is 9.47 Å². The lowest BCUT2D eigenvalue weighted by Gasteiger charge is -2.31. The Morgan fingerprint density at radius 1 is 1.00 bits per heavy atom. The van der Waals surface area contributed by atoms with Gasteiger partial charge in [0.05, 0.1) is 30.3 Å². The molecule has 22 heavy (non-hydrogen) atoms. The van der Waals surface area contributed by atoms with Crippen LogP contribution in [0.15, 0.2) is 0 Å². The molecule has 1 fully saturated rings. The standard InChI is InChI=1S/C18H36NO3/c1-17(2,3)21-14-15(20)16(22-18(4,5)6)10-13-19-11-8-7-9-12-19/h13,15-16,20H,7-12,14H2,1-6H3/q+1/t15-,16+/m0/s1. The molecule has 1 heterocycles. The van der Waals surface area contributed by atoms with E-state index in [4.69, 9.17) is 9.47 Å². The number of piperidine rings is 1. The van der Waals surface area contributed by atoms with Crippen LogP contribution in [0.1, 0.15) is 67.2 Å².